The second kappa shape index (κ2) is 6.27. The van der Waals surface area contributed by atoms with E-state index in [1.54, 1.807) is 11.8 Å². The van der Waals surface area contributed by atoms with Gasteiger partial charge in [0.2, 0.25) is 0 Å². The Kier molecular flexibility index (Phi) is 5.29. The van der Waals surface area contributed by atoms with Gasteiger partial charge in [-0.1, -0.05) is 11.3 Å². The van der Waals surface area contributed by atoms with Crippen molar-refractivity contribution in [3.8, 4) is 5.19 Å². The minimum atomic E-state index is 0.0490. The Morgan fingerprint density at radius 1 is 1.71 bits per heavy atom. The summed E-state index contributed by atoms with van der Waals surface area (Å²) >= 11 is 3.32. The van der Waals surface area contributed by atoms with Crippen molar-refractivity contribution in [3.63, 3.8) is 0 Å². The molecule has 0 aliphatic rings. The molecule has 0 aliphatic heterocycles. The second-order valence-electron chi connectivity index (χ2n) is 2.86. The van der Waals surface area contributed by atoms with Crippen LogP contribution in [0.1, 0.15) is 25.1 Å². The lowest BCUT2D eigenvalue weighted by molar-refractivity contribution is 0.337. The van der Waals surface area contributed by atoms with Gasteiger partial charge in [0.1, 0.15) is 0 Å². The van der Waals surface area contributed by atoms with E-state index in [0.717, 1.165) is 23.1 Å². The van der Waals surface area contributed by atoms with Gasteiger partial charge in [0.15, 0.2) is 0 Å². The molecule has 1 rings (SSSR count). The normalized spacial score (nSPS) is 12.8. The minimum absolute atomic E-state index is 0.0490. The maximum Gasteiger partial charge on any atom is 0.273 e. The number of nitrogens with zero attached hydrogens (tertiary/aromatic N) is 1. The van der Waals surface area contributed by atoms with Crippen molar-refractivity contribution < 1.29 is 4.74 Å². The smallest absolute Gasteiger partial charge is 0.273 e. The number of hydrogen-bond acceptors (Lipinski definition) is 5. The van der Waals surface area contributed by atoms with E-state index >= 15 is 0 Å². The topological polar surface area (TPSA) is 48.1 Å². The highest BCUT2D eigenvalue weighted by Crippen LogP contribution is 2.23. The summed E-state index contributed by atoms with van der Waals surface area (Å²) in [7, 11) is 0. The quantitative estimate of drug-likeness (QED) is 0.817. The van der Waals surface area contributed by atoms with Crippen LogP contribution in [-0.4, -0.2) is 23.6 Å². The number of rotatable bonds is 6. The molecule has 1 unspecified atom stereocenters. The number of thioether (sulfide) groups is 1. The number of ether oxygens (including phenoxy) is 1. The Morgan fingerprint density at radius 2 is 2.50 bits per heavy atom. The fourth-order valence-electron chi connectivity index (χ4n) is 1.02. The van der Waals surface area contributed by atoms with Crippen molar-refractivity contribution in [3.05, 3.63) is 11.1 Å². The monoisotopic (exact) mass is 232 g/mol. The first-order valence-electron chi connectivity index (χ1n) is 4.60. The Balaban J connectivity index is 2.48. The molecule has 0 aliphatic carbocycles. The summed E-state index contributed by atoms with van der Waals surface area (Å²) in [6, 6.07) is 0.0490. The van der Waals surface area contributed by atoms with Gasteiger partial charge in [-0.25, -0.2) is 4.98 Å². The number of aromatic nitrogens is 1. The molecule has 0 radical (unpaired) electrons. The lowest BCUT2D eigenvalue weighted by Crippen LogP contribution is -2.11. The summed E-state index contributed by atoms with van der Waals surface area (Å²) in [4.78, 5) is 4.31. The Morgan fingerprint density at radius 3 is 3.14 bits per heavy atom. The lowest BCUT2D eigenvalue weighted by Gasteiger charge is -2.06. The van der Waals surface area contributed by atoms with Crippen LogP contribution >= 0.6 is 23.1 Å². The highest BCUT2D eigenvalue weighted by molar-refractivity contribution is 7.98. The molecular formula is C9H16N2OS2. The van der Waals surface area contributed by atoms with Crippen LogP contribution < -0.4 is 10.5 Å². The number of thiazole rings is 1. The highest BCUT2D eigenvalue weighted by atomic mass is 32.2. The largest absolute Gasteiger partial charge is 0.470 e. The average molecular weight is 232 g/mol. The van der Waals surface area contributed by atoms with Crippen molar-refractivity contribution >= 4 is 23.1 Å². The number of hydrogen-bond donors (Lipinski definition) is 1. The average Bonchev–Trinajstić information content (AvgIpc) is 2.63. The summed E-state index contributed by atoms with van der Waals surface area (Å²) in [5, 5.41) is 2.71. The Bertz CT molecular complexity index is 265. The summed E-state index contributed by atoms with van der Waals surface area (Å²) in [5.74, 6) is 1.07. The summed E-state index contributed by atoms with van der Waals surface area (Å²) < 4.78 is 5.29. The molecule has 0 fully saturated rings. The summed E-state index contributed by atoms with van der Waals surface area (Å²) in [6.45, 7) is 2.61. The first-order valence-corrected chi connectivity index (χ1v) is 6.88. The van der Waals surface area contributed by atoms with Gasteiger partial charge >= 0.3 is 0 Å². The molecule has 1 heterocycles. The fraction of sp³-hybridized carbons (Fsp3) is 0.667. The zero-order valence-corrected chi connectivity index (χ0v) is 10.2. The zero-order chi connectivity index (χ0) is 10.4. The van der Waals surface area contributed by atoms with Crippen molar-refractivity contribution in [2.45, 2.75) is 19.4 Å². The van der Waals surface area contributed by atoms with Crippen molar-refractivity contribution in [2.75, 3.05) is 18.6 Å². The third-order valence-corrected chi connectivity index (χ3v) is 3.20. The van der Waals surface area contributed by atoms with Crippen LogP contribution in [0, 0.1) is 0 Å². The maximum atomic E-state index is 5.97. The van der Waals surface area contributed by atoms with Gasteiger partial charge in [0.05, 0.1) is 12.3 Å². The Hall–Kier alpha value is -0.260. The molecule has 1 atom stereocenters. The molecule has 5 heteroatoms. The van der Waals surface area contributed by atoms with Crippen molar-refractivity contribution in [2.24, 2.45) is 5.73 Å². The van der Waals surface area contributed by atoms with E-state index in [4.69, 9.17) is 10.5 Å². The van der Waals surface area contributed by atoms with Gasteiger partial charge in [-0.2, -0.15) is 11.8 Å². The molecule has 0 amide bonds. The fourth-order valence-corrected chi connectivity index (χ4v) is 2.30. The van der Waals surface area contributed by atoms with Crippen LogP contribution in [-0.2, 0) is 0 Å². The van der Waals surface area contributed by atoms with E-state index in [1.807, 2.05) is 12.3 Å². The van der Waals surface area contributed by atoms with Crippen molar-refractivity contribution in [1.29, 1.82) is 0 Å². The van der Waals surface area contributed by atoms with Crippen LogP contribution in [0.5, 0.6) is 5.19 Å². The Labute approximate surface area is 93.1 Å². The molecule has 1 aromatic heterocycles. The van der Waals surface area contributed by atoms with Crippen LogP contribution in [0.3, 0.4) is 0 Å². The van der Waals surface area contributed by atoms with E-state index < -0.39 is 0 Å². The van der Waals surface area contributed by atoms with Crippen molar-refractivity contribution in [1.82, 2.24) is 4.98 Å². The van der Waals surface area contributed by atoms with Gasteiger partial charge in [0.25, 0.3) is 5.19 Å². The molecular weight excluding hydrogens is 216 g/mol. The van der Waals surface area contributed by atoms with E-state index in [9.17, 15) is 0 Å². The van der Waals surface area contributed by atoms with Gasteiger partial charge in [-0.3, -0.25) is 0 Å². The molecule has 0 saturated heterocycles. The molecule has 80 valence electrons. The highest BCUT2D eigenvalue weighted by Gasteiger charge is 2.10. The third-order valence-electron chi connectivity index (χ3n) is 1.78. The van der Waals surface area contributed by atoms with Crippen LogP contribution in [0.15, 0.2) is 5.38 Å². The van der Waals surface area contributed by atoms with Crippen LogP contribution in [0.2, 0.25) is 0 Å². The molecule has 3 nitrogen and oxygen atoms in total. The van der Waals surface area contributed by atoms with Gasteiger partial charge < -0.3 is 10.5 Å². The SMILES string of the molecule is CCOc1nc(C(N)CCSC)cs1. The minimum Gasteiger partial charge on any atom is -0.470 e. The molecule has 2 N–H and O–H groups in total. The molecule has 0 aromatic carbocycles. The van der Waals surface area contributed by atoms with E-state index in [2.05, 4.69) is 11.2 Å². The van der Waals surface area contributed by atoms with Gasteiger partial charge in [-0.15, -0.1) is 0 Å². The third kappa shape index (κ3) is 3.48. The lowest BCUT2D eigenvalue weighted by atomic mass is 10.2. The van der Waals surface area contributed by atoms with E-state index in [0.29, 0.717) is 6.61 Å². The van der Waals surface area contributed by atoms with Gasteiger partial charge in [-0.05, 0) is 25.4 Å². The molecule has 0 bridgehead atoms. The first-order chi connectivity index (χ1) is 6.77. The standard InChI is InChI=1S/C9H16N2OS2/c1-3-12-9-11-8(6-14-9)7(10)4-5-13-2/h6-7H,3-5,10H2,1-2H3. The number of nitrogens with two attached hydrogens (primary N) is 1. The molecule has 14 heavy (non-hydrogen) atoms. The summed E-state index contributed by atoms with van der Waals surface area (Å²) in [5.41, 5.74) is 6.92. The van der Waals surface area contributed by atoms with E-state index in [-0.39, 0.29) is 6.04 Å². The maximum absolute atomic E-state index is 5.97. The van der Waals surface area contributed by atoms with Crippen LogP contribution in [0.4, 0.5) is 0 Å². The van der Waals surface area contributed by atoms with Crippen LogP contribution in [0.25, 0.3) is 0 Å². The molecule has 0 spiro atoms. The second-order valence-corrected chi connectivity index (χ2v) is 4.67. The zero-order valence-electron chi connectivity index (χ0n) is 8.53. The van der Waals surface area contributed by atoms with Gasteiger partial charge in [0, 0.05) is 11.4 Å². The molecule has 1 aromatic rings. The molecule has 0 saturated carbocycles. The predicted molar refractivity (Wildman–Crippen MR) is 63.2 cm³/mol. The predicted octanol–water partition coefficient (Wildman–Crippen LogP) is 2.29. The van der Waals surface area contributed by atoms with E-state index in [1.165, 1.54) is 11.3 Å². The summed E-state index contributed by atoms with van der Waals surface area (Å²) in [6.07, 6.45) is 3.05. The first kappa shape index (κ1) is 11.8.